The summed E-state index contributed by atoms with van der Waals surface area (Å²) in [6.45, 7) is 21.5. The summed E-state index contributed by atoms with van der Waals surface area (Å²) in [6, 6.07) is 7.25. The molecule has 1 aromatic carbocycles. The van der Waals surface area contributed by atoms with Gasteiger partial charge in [-0.3, -0.25) is 4.90 Å². The lowest BCUT2D eigenvalue weighted by atomic mass is 9.65. The number of hydrogen-bond donors (Lipinski definition) is 0. The van der Waals surface area contributed by atoms with Crippen molar-refractivity contribution in [1.82, 2.24) is 4.90 Å². The zero-order valence-electron chi connectivity index (χ0n) is 20.5. The first-order chi connectivity index (χ1) is 14.8. The highest BCUT2D eigenvalue weighted by molar-refractivity contribution is 5.81. The Kier molecular flexibility index (Phi) is 6.69. The van der Waals surface area contributed by atoms with Crippen molar-refractivity contribution < 1.29 is 4.74 Å². The molecule has 3 aliphatic rings. The molecule has 1 aromatic rings. The number of rotatable bonds is 5. The maximum Gasteiger partial charge on any atom is 0.0642 e. The van der Waals surface area contributed by atoms with Crippen molar-refractivity contribution in [2.45, 2.75) is 53.9 Å². The molecule has 4 heteroatoms. The van der Waals surface area contributed by atoms with Gasteiger partial charge in [0.15, 0.2) is 0 Å². The van der Waals surface area contributed by atoms with E-state index in [0.717, 1.165) is 45.8 Å². The Morgan fingerprint density at radius 2 is 1.61 bits per heavy atom. The van der Waals surface area contributed by atoms with Crippen molar-refractivity contribution in [2.75, 3.05) is 68.8 Å². The summed E-state index contributed by atoms with van der Waals surface area (Å²) in [5.74, 6) is 0. The molecular weight excluding hydrogens is 382 g/mol. The fraction of sp³-hybridized carbons (Fsp3) is 0.704. The first-order valence-electron chi connectivity index (χ1n) is 12.4. The molecule has 0 saturated carbocycles. The molecule has 0 bridgehead atoms. The molecule has 0 atom stereocenters. The molecule has 0 amide bonds. The number of morpholine rings is 1. The maximum absolute atomic E-state index is 5.61. The van der Waals surface area contributed by atoms with Crippen LogP contribution in [-0.2, 0) is 4.74 Å². The number of piperazine rings is 1. The normalized spacial score (nSPS) is 24.2. The number of hydrogen-bond acceptors (Lipinski definition) is 4. The molecule has 0 N–H and O–H groups in total. The van der Waals surface area contributed by atoms with Gasteiger partial charge in [-0.05, 0) is 60.4 Å². The van der Waals surface area contributed by atoms with Crippen LogP contribution in [0.25, 0.3) is 5.57 Å². The minimum atomic E-state index is 0.239. The summed E-state index contributed by atoms with van der Waals surface area (Å²) < 4.78 is 5.61. The molecule has 2 saturated heterocycles. The first-order valence-corrected chi connectivity index (χ1v) is 12.4. The molecule has 1 aliphatic carbocycles. The minimum Gasteiger partial charge on any atom is -0.378 e. The van der Waals surface area contributed by atoms with Gasteiger partial charge in [0, 0.05) is 56.2 Å². The van der Waals surface area contributed by atoms with E-state index in [9.17, 15) is 0 Å². The molecule has 4 rings (SSSR count). The Bertz CT molecular complexity index is 784. The molecule has 2 aliphatic heterocycles. The predicted molar refractivity (Wildman–Crippen MR) is 133 cm³/mol. The first kappa shape index (κ1) is 22.7. The lowest BCUT2D eigenvalue weighted by molar-refractivity contribution is 0.122. The molecule has 2 fully saturated rings. The number of ether oxygens (including phenoxy) is 1. The van der Waals surface area contributed by atoms with E-state index >= 15 is 0 Å². The van der Waals surface area contributed by atoms with Crippen LogP contribution in [0.1, 0.15) is 59.4 Å². The third-order valence-corrected chi connectivity index (χ3v) is 7.12. The number of anilines is 2. The molecule has 31 heavy (non-hydrogen) atoms. The summed E-state index contributed by atoms with van der Waals surface area (Å²) >= 11 is 0. The molecule has 0 spiro atoms. The maximum atomic E-state index is 5.61. The quantitative estimate of drug-likeness (QED) is 0.638. The monoisotopic (exact) mass is 425 g/mol. The number of benzene rings is 1. The Hall–Kier alpha value is -1.52. The fourth-order valence-corrected chi connectivity index (χ4v) is 6.16. The van der Waals surface area contributed by atoms with Crippen LogP contribution in [0.3, 0.4) is 0 Å². The van der Waals surface area contributed by atoms with Gasteiger partial charge < -0.3 is 14.5 Å². The Balaban J connectivity index is 1.69. The van der Waals surface area contributed by atoms with E-state index in [4.69, 9.17) is 4.74 Å². The van der Waals surface area contributed by atoms with Crippen LogP contribution in [0.2, 0.25) is 0 Å². The van der Waals surface area contributed by atoms with Gasteiger partial charge in [-0.2, -0.15) is 0 Å². The van der Waals surface area contributed by atoms with Gasteiger partial charge >= 0.3 is 0 Å². The summed E-state index contributed by atoms with van der Waals surface area (Å²) in [6.07, 6.45) is 6.23. The van der Waals surface area contributed by atoms with Gasteiger partial charge in [0.25, 0.3) is 0 Å². The van der Waals surface area contributed by atoms with Gasteiger partial charge in [0.05, 0.1) is 13.2 Å². The van der Waals surface area contributed by atoms with E-state index in [0.29, 0.717) is 5.41 Å². The summed E-state index contributed by atoms with van der Waals surface area (Å²) in [7, 11) is 0. The fourth-order valence-electron chi connectivity index (χ4n) is 6.16. The largest absolute Gasteiger partial charge is 0.378 e. The zero-order chi connectivity index (χ0) is 22.1. The van der Waals surface area contributed by atoms with E-state index < -0.39 is 0 Å². The van der Waals surface area contributed by atoms with Crippen LogP contribution in [0.4, 0.5) is 11.4 Å². The van der Waals surface area contributed by atoms with Gasteiger partial charge in [-0.15, -0.1) is 0 Å². The Morgan fingerprint density at radius 1 is 0.903 bits per heavy atom. The van der Waals surface area contributed by atoms with E-state index in [1.807, 2.05) is 0 Å². The highest BCUT2D eigenvalue weighted by Crippen LogP contribution is 2.49. The highest BCUT2D eigenvalue weighted by Gasteiger charge is 2.35. The van der Waals surface area contributed by atoms with Crippen molar-refractivity contribution in [1.29, 1.82) is 0 Å². The van der Waals surface area contributed by atoms with Crippen LogP contribution in [0.5, 0.6) is 0 Å². The second kappa shape index (κ2) is 9.15. The SMILES string of the molecule is CCCN1CCN(c2ccc(N3CCOCC3)cc2C2=CC(C)(C)CC(C)(C)C2)CC1. The van der Waals surface area contributed by atoms with Crippen LogP contribution >= 0.6 is 0 Å². The molecule has 0 aromatic heterocycles. The Morgan fingerprint density at radius 3 is 2.26 bits per heavy atom. The van der Waals surface area contributed by atoms with Gasteiger partial charge in [0.2, 0.25) is 0 Å². The number of allylic oxidation sites excluding steroid dienone is 2. The van der Waals surface area contributed by atoms with Crippen LogP contribution < -0.4 is 9.80 Å². The van der Waals surface area contributed by atoms with Crippen molar-refractivity contribution in [2.24, 2.45) is 10.8 Å². The Labute approximate surface area is 190 Å². The lowest BCUT2D eigenvalue weighted by Gasteiger charge is -2.42. The van der Waals surface area contributed by atoms with Crippen molar-refractivity contribution >= 4 is 16.9 Å². The zero-order valence-corrected chi connectivity index (χ0v) is 20.5. The van der Waals surface area contributed by atoms with E-state index in [2.05, 4.69) is 73.6 Å². The van der Waals surface area contributed by atoms with Crippen LogP contribution in [0.15, 0.2) is 24.3 Å². The summed E-state index contributed by atoms with van der Waals surface area (Å²) in [5.41, 5.74) is 6.38. The second-order valence-electron chi connectivity index (χ2n) is 11.3. The predicted octanol–water partition coefficient (Wildman–Crippen LogP) is 5.28. The summed E-state index contributed by atoms with van der Waals surface area (Å²) in [5, 5.41) is 0. The van der Waals surface area contributed by atoms with Crippen LogP contribution in [-0.4, -0.2) is 63.9 Å². The van der Waals surface area contributed by atoms with E-state index in [1.165, 1.54) is 49.4 Å². The summed E-state index contributed by atoms with van der Waals surface area (Å²) in [4.78, 5) is 7.75. The minimum absolute atomic E-state index is 0.239. The van der Waals surface area contributed by atoms with Crippen molar-refractivity contribution in [3.63, 3.8) is 0 Å². The smallest absolute Gasteiger partial charge is 0.0642 e. The molecule has 2 heterocycles. The molecule has 4 nitrogen and oxygen atoms in total. The number of nitrogens with zero attached hydrogens (tertiary/aromatic N) is 3. The van der Waals surface area contributed by atoms with Crippen molar-refractivity contribution in [3.8, 4) is 0 Å². The standard InChI is InChI=1S/C27H43N3O/c1-6-9-28-10-12-30(13-11-28)25-8-7-23(29-14-16-31-17-15-29)18-24(25)22-19-26(2,3)21-27(4,5)20-22/h7-8,18-19H,6,9-17,20-21H2,1-5H3. The third-order valence-electron chi connectivity index (χ3n) is 7.12. The van der Waals surface area contributed by atoms with Gasteiger partial charge in [-0.25, -0.2) is 0 Å². The van der Waals surface area contributed by atoms with Gasteiger partial charge in [-0.1, -0.05) is 40.7 Å². The lowest BCUT2D eigenvalue weighted by Crippen LogP contribution is -2.46. The van der Waals surface area contributed by atoms with E-state index in [1.54, 1.807) is 5.57 Å². The van der Waals surface area contributed by atoms with E-state index in [-0.39, 0.29) is 5.41 Å². The van der Waals surface area contributed by atoms with Crippen LogP contribution in [0, 0.1) is 10.8 Å². The molecule has 0 unspecified atom stereocenters. The third kappa shape index (κ3) is 5.46. The molecular formula is C27H43N3O. The second-order valence-corrected chi connectivity index (χ2v) is 11.3. The highest BCUT2D eigenvalue weighted by atomic mass is 16.5. The molecule has 0 radical (unpaired) electrons. The average Bonchev–Trinajstić information content (AvgIpc) is 2.73. The molecule has 172 valence electrons. The van der Waals surface area contributed by atoms with Gasteiger partial charge in [0.1, 0.15) is 0 Å². The topological polar surface area (TPSA) is 19.0 Å². The average molecular weight is 426 g/mol. The van der Waals surface area contributed by atoms with Crippen molar-refractivity contribution in [3.05, 3.63) is 29.8 Å².